The lowest BCUT2D eigenvalue weighted by Gasteiger charge is -2.36. The van der Waals surface area contributed by atoms with E-state index in [1.165, 1.54) is 0 Å². The van der Waals surface area contributed by atoms with Gasteiger partial charge in [0.2, 0.25) is 0 Å². The highest BCUT2D eigenvalue weighted by Gasteiger charge is 2.36. The van der Waals surface area contributed by atoms with Gasteiger partial charge < -0.3 is 21.0 Å². The quantitative estimate of drug-likeness (QED) is 0.387. The molecule has 1 fully saturated rings. The third-order valence-electron chi connectivity index (χ3n) is 6.46. The van der Waals surface area contributed by atoms with E-state index in [9.17, 15) is 19.5 Å². The molecule has 1 aliphatic rings. The van der Waals surface area contributed by atoms with Crippen LogP contribution in [0.1, 0.15) is 85.2 Å². The minimum Gasteiger partial charge on any atom is -0.476 e. The van der Waals surface area contributed by atoms with Crippen LogP contribution in [0, 0.1) is 0 Å². The lowest BCUT2D eigenvalue weighted by molar-refractivity contribution is 0.00821. The number of hydrogen-bond donors (Lipinski definition) is 3. The number of amides is 2. The summed E-state index contributed by atoms with van der Waals surface area (Å²) in [5.74, 6) is 5.38. The molecule has 0 unspecified atom stereocenters. The number of imidazole rings is 1. The summed E-state index contributed by atoms with van der Waals surface area (Å²) in [5.41, 5.74) is 1.15. The number of carbonyl (C=O) groups excluding carboxylic acids is 2. The Bertz CT molecular complexity index is 1380. The third kappa shape index (κ3) is 6.19. The Kier molecular flexibility index (Phi) is 7.89. The molecule has 2 aromatic heterocycles. The van der Waals surface area contributed by atoms with E-state index in [-0.39, 0.29) is 23.1 Å². The first kappa shape index (κ1) is 27.6. The number of nitrogen functional groups attached to an aromatic ring is 1. The molecule has 2 amide bonds. The topological polar surface area (TPSA) is 153 Å². The number of nitrogens with one attached hydrogen (secondary N) is 1. The summed E-state index contributed by atoms with van der Waals surface area (Å²) in [6.07, 6.45) is 4.15. The highest BCUT2D eigenvalue weighted by atomic mass is 16.6. The molecule has 4 rings (SSSR count). The van der Waals surface area contributed by atoms with Crippen LogP contribution in [0.15, 0.2) is 42.6 Å². The van der Waals surface area contributed by atoms with Gasteiger partial charge >= 0.3 is 12.1 Å². The first-order valence-electron chi connectivity index (χ1n) is 13.0. The Hall–Kier alpha value is -4.41. The van der Waals surface area contributed by atoms with Crippen molar-refractivity contribution in [3.8, 4) is 11.3 Å². The van der Waals surface area contributed by atoms with Crippen molar-refractivity contribution in [3.63, 3.8) is 0 Å². The minimum absolute atomic E-state index is 0.152. The number of hydrogen-bond acceptors (Lipinski definition) is 7. The van der Waals surface area contributed by atoms with Crippen LogP contribution in [0.4, 0.5) is 10.6 Å². The summed E-state index contributed by atoms with van der Waals surface area (Å²) in [7, 11) is 0. The molecule has 39 heavy (non-hydrogen) atoms. The number of rotatable bonds is 6. The van der Waals surface area contributed by atoms with E-state index in [1.54, 1.807) is 56.1 Å². The number of piperidine rings is 1. The van der Waals surface area contributed by atoms with Crippen LogP contribution < -0.4 is 11.2 Å². The second-order valence-corrected chi connectivity index (χ2v) is 10.5. The molecule has 0 bridgehead atoms. The fourth-order valence-corrected chi connectivity index (χ4v) is 4.56. The third-order valence-corrected chi connectivity index (χ3v) is 6.46. The number of benzene rings is 1. The fourth-order valence-electron chi connectivity index (χ4n) is 4.56. The summed E-state index contributed by atoms with van der Waals surface area (Å²) < 4.78 is 6.62. The smallest absolute Gasteiger partial charge is 0.410 e. The van der Waals surface area contributed by atoms with Crippen LogP contribution in [-0.2, 0) is 11.2 Å². The summed E-state index contributed by atoms with van der Waals surface area (Å²) in [4.78, 5) is 48.3. The molecule has 1 aliphatic heterocycles. The average molecular weight is 535 g/mol. The van der Waals surface area contributed by atoms with Gasteiger partial charge in [-0.3, -0.25) is 9.69 Å². The van der Waals surface area contributed by atoms with Crippen LogP contribution >= 0.6 is 0 Å². The number of aryl methyl sites for hydroxylation is 1. The maximum absolute atomic E-state index is 12.9. The fraction of sp³-hybridized carbons (Fsp3) is 0.393. The Morgan fingerprint density at radius 3 is 2.51 bits per heavy atom. The normalized spacial score (nSPS) is 15.6. The number of nitrogens with two attached hydrogens (primary N) is 1. The van der Waals surface area contributed by atoms with E-state index >= 15 is 0 Å². The van der Waals surface area contributed by atoms with E-state index < -0.39 is 23.7 Å². The number of carboxylic acids is 1. The van der Waals surface area contributed by atoms with Gasteiger partial charge in [-0.25, -0.2) is 24.2 Å². The van der Waals surface area contributed by atoms with Crippen LogP contribution in [0.3, 0.4) is 0 Å². The SMILES string of the molecule is CCc1ccnc(NC(=O)c2ccc(-c3nc([C@@H]4CCCCN4C(=O)OC(C)(C)C)n(N)c3C(=O)O)cc2)c1. The molecule has 206 valence electrons. The van der Waals surface area contributed by atoms with Gasteiger partial charge in [-0.05, 0) is 76.3 Å². The van der Waals surface area contributed by atoms with Gasteiger partial charge in [0.05, 0.1) is 6.04 Å². The van der Waals surface area contributed by atoms with Crippen molar-refractivity contribution in [2.75, 3.05) is 17.7 Å². The molecule has 11 nitrogen and oxygen atoms in total. The van der Waals surface area contributed by atoms with Crippen LogP contribution in [0.25, 0.3) is 11.3 Å². The van der Waals surface area contributed by atoms with Crippen molar-refractivity contribution in [2.24, 2.45) is 0 Å². The molecule has 3 heterocycles. The number of carbonyl (C=O) groups is 3. The number of aromatic carboxylic acids is 1. The maximum Gasteiger partial charge on any atom is 0.410 e. The standard InChI is InChI=1S/C28H34N6O5/c1-5-17-13-14-30-21(16-17)31-25(35)19-11-9-18(10-12-19)22-23(26(36)37)34(29)24(32-22)20-8-6-7-15-33(20)27(38)39-28(2,3)4/h9-14,16,20H,5-8,15,29H2,1-4H3,(H,36,37)(H,30,31,35)/t20-/m0/s1. The van der Waals surface area contributed by atoms with Gasteiger partial charge in [-0.15, -0.1) is 0 Å². The Morgan fingerprint density at radius 1 is 1.15 bits per heavy atom. The van der Waals surface area contributed by atoms with Gasteiger partial charge in [0, 0.05) is 23.9 Å². The van der Waals surface area contributed by atoms with Gasteiger partial charge in [-0.2, -0.15) is 0 Å². The van der Waals surface area contributed by atoms with Crippen molar-refractivity contribution in [3.05, 3.63) is 65.2 Å². The zero-order valence-electron chi connectivity index (χ0n) is 22.6. The Labute approximate surface area is 227 Å². The molecular weight excluding hydrogens is 500 g/mol. The number of nitrogens with zero attached hydrogens (tertiary/aromatic N) is 4. The highest BCUT2D eigenvalue weighted by molar-refractivity contribution is 6.04. The molecule has 1 atom stereocenters. The van der Waals surface area contributed by atoms with E-state index in [2.05, 4.69) is 15.3 Å². The van der Waals surface area contributed by atoms with Crippen LogP contribution in [-0.4, -0.2) is 54.8 Å². The molecule has 0 saturated carbocycles. The minimum atomic E-state index is -1.26. The van der Waals surface area contributed by atoms with E-state index in [1.807, 2.05) is 19.1 Å². The maximum atomic E-state index is 12.9. The number of likely N-dealkylation sites (tertiary alicyclic amines) is 1. The summed E-state index contributed by atoms with van der Waals surface area (Å²) in [5, 5.41) is 12.8. The predicted molar refractivity (Wildman–Crippen MR) is 146 cm³/mol. The zero-order chi connectivity index (χ0) is 28.3. The first-order chi connectivity index (χ1) is 18.5. The monoisotopic (exact) mass is 534 g/mol. The van der Waals surface area contributed by atoms with Crippen molar-refractivity contribution < 1.29 is 24.2 Å². The second-order valence-electron chi connectivity index (χ2n) is 10.5. The number of anilines is 1. The molecular formula is C28H34N6O5. The summed E-state index contributed by atoms with van der Waals surface area (Å²) in [6, 6.07) is 9.57. The number of ether oxygens (including phenoxy) is 1. The molecule has 1 aromatic carbocycles. The van der Waals surface area contributed by atoms with E-state index in [4.69, 9.17) is 10.6 Å². The highest BCUT2D eigenvalue weighted by Crippen LogP contribution is 2.34. The Morgan fingerprint density at radius 2 is 1.87 bits per heavy atom. The van der Waals surface area contributed by atoms with Gasteiger partial charge in [0.25, 0.3) is 5.91 Å². The van der Waals surface area contributed by atoms with Gasteiger partial charge in [-0.1, -0.05) is 19.1 Å². The van der Waals surface area contributed by atoms with Crippen LogP contribution in [0.2, 0.25) is 0 Å². The number of carboxylic acid groups (broad SMARTS) is 1. The number of pyridine rings is 1. The second kappa shape index (κ2) is 11.1. The molecule has 1 saturated heterocycles. The Balaban J connectivity index is 1.62. The van der Waals surface area contributed by atoms with Crippen molar-refractivity contribution >= 4 is 23.8 Å². The lowest BCUT2D eigenvalue weighted by Crippen LogP contribution is -2.43. The predicted octanol–water partition coefficient (Wildman–Crippen LogP) is 4.63. The van der Waals surface area contributed by atoms with E-state index in [0.717, 1.165) is 29.5 Å². The zero-order valence-corrected chi connectivity index (χ0v) is 22.6. The molecule has 0 aliphatic carbocycles. The van der Waals surface area contributed by atoms with Gasteiger partial charge in [0.15, 0.2) is 11.5 Å². The van der Waals surface area contributed by atoms with Crippen molar-refractivity contribution in [1.82, 2.24) is 19.5 Å². The van der Waals surface area contributed by atoms with E-state index in [0.29, 0.717) is 29.9 Å². The summed E-state index contributed by atoms with van der Waals surface area (Å²) in [6.45, 7) is 7.83. The first-order valence-corrected chi connectivity index (χ1v) is 13.0. The average Bonchev–Trinajstić information content (AvgIpc) is 3.25. The molecule has 3 aromatic rings. The van der Waals surface area contributed by atoms with Gasteiger partial charge in [0.1, 0.15) is 17.1 Å². The largest absolute Gasteiger partial charge is 0.476 e. The van der Waals surface area contributed by atoms with Crippen LogP contribution in [0.5, 0.6) is 0 Å². The molecule has 0 radical (unpaired) electrons. The molecule has 0 spiro atoms. The molecule has 4 N–H and O–H groups in total. The van der Waals surface area contributed by atoms with Crippen molar-refractivity contribution in [2.45, 2.75) is 65.0 Å². The molecule has 11 heteroatoms. The van der Waals surface area contributed by atoms with Crippen molar-refractivity contribution in [1.29, 1.82) is 0 Å². The summed E-state index contributed by atoms with van der Waals surface area (Å²) >= 11 is 0. The number of aromatic nitrogens is 3. The lowest BCUT2D eigenvalue weighted by atomic mass is 10.0.